The lowest BCUT2D eigenvalue weighted by atomic mass is 9.79. The van der Waals surface area contributed by atoms with Crippen LogP contribution in [0.4, 0.5) is 13.2 Å². The van der Waals surface area contributed by atoms with Crippen molar-refractivity contribution in [2.24, 2.45) is 5.73 Å². The Bertz CT molecular complexity index is 1190. The number of hydrogen-bond donors (Lipinski definition) is 1. The SMILES string of the molecule is COC(=O)C1=C(C)OC(N)=C(C#N)[C@H]1c1cc(C)cc(Cn2ccc(C(F)(F)F)n2)c1C. The molecule has 32 heavy (non-hydrogen) atoms. The highest BCUT2D eigenvalue weighted by molar-refractivity contribution is 5.92. The molecule has 1 aliphatic heterocycles. The molecule has 1 aromatic heterocycles. The number of methoxy groups -OCH3 is 1. The summed E-state index contributed by atoms with van der Waals surface area (Å²) in [5, 5.41) is 13.3. The maximum absolute atomic E-state index is 12.9. The van der Waals surface area contributed by atoms with E-state index in [1.54, 1.807) is 19.9 Å². The summed E-state index contributed by atoms with van der Waals surface area (Å²) < 4.78 is 50.2. The van der Waals surface area contributed by atoms with Crippen LogP contribution in [-0.2, 0) is 27.0 Å². The average Bonchev–Trinajstić information content (AvgIpc) is 3.18. The molecule has 2 aromatic rings. The van der Waals surface area contributed by atoms with Crippen molar-refractivity contribution in [3.8, 4) is 6.07 Å². The molecule has 7 nitrogen and oxygen atoms in total. The highest BCUT2D eigenvalue weighted by atomic mass is 19.4. The van der Waals surface area contributed by atoms with Gasteiger partial charge in [0.15, 0.2) is 5.69 Å². The zero-order valence-electron chi connectivity index (χ0n) is 17.9. The summed E-state index contributed by atoms with van der Waals surface area (Å²) in [6.07, 6.45) is -3.29. The number of benzene rings is 1. The van der Waals surface area contributed by atoms with E-state index in [0.29, 0.717) is 16.7 Å². The van der Waals surface area contributed by atoms with Crippen LogP contribution >= 0.6 is 0 Å². The number of halogens is 3. The molecule has 0 radical (unpaired) electrons. The number of rotatable bonds is 4. The summed E-state index contributed by atoms with van der Waals surface area (Å²) in [6.45, 7) is 5.19. The minimum absolute atomic E-state index is 0.0501. The van der Waals surface area contributed by atoms with E-state index in [1.165, 1.54) is 18.0 Å². The molecule has 1 atom stereocenters. The van der Waals surface area contributed by atoms with Gasteiger partial charge >= 0.3 is 12.1 Å². The van der Waals surface area contributed by atoms with Gasteiger partial charge in [0.25, 0.3) is 0 Å². The Morgan fingerprint density at radius 3 is 2.59 bits per heavy atom. The average molecular weight is 446 g/mol. The van der Waals surface area contributed by atoms with E-state index < -0.39 is 23.8 Å². The predicted molar refractivity (Wildman–Crippen MR) is 108 cm³/mol. The highest BCUT2D eigenvalue weighted by Crippen LogP contribution is 2.41. The lowest BCUT2D eigenvalue weighted by Gasteiger charge is -2.28. The molecule has 3 rings (SSSR count). The van der Waals surface area contributed by atoms with Gasteiger partial charge < -0.3 is 15.2 Å². The third-order valence-corrected chi connectivity index (χ3v) is 5.29. The molecule has 1 aromatic carbocycles. The molecule has 10 heteroatoms. The Hall–Kier alpha value is -3.74. The fourth-order valence-electron chi connectivity index (χ4n) is 3.77. The monoisotopic (exact) mass is 446 g/mol. The van der Waals surface area contributed by atoms with Gasteiger partial charge in [-0.2, -0.15) is 23.5 Å². The van der Waals surface area contributed by atoms with Crippen LogP contribution in [0.2, 0.25) is 0 Å². The molecule has 0 spiro atoms. The molecule has 168 valence electrons. The summed E-state index contributed by atoms with van der Waals surface area (Å²) in [5.74, 6) is -1.42. The van der Waals surface area contributed by atoms with Crippen molar-refractivity contribution in [2.45, 2.75) is 39.4 Å². The normalized spacial score (nSPS) is 16.6. The summed E-state index contributed by atoms with van der Waals surface area (Å²) in [6, 6.07) is 6.54. The number of nitrogens with two attached hydrogens (primary N) is 1. The van der Waals surface area contributed by atoms with E-state index in [1.807, 2.05) is 19.1 Å². The number of nitriles is 1. The number of carbonyl (C=O) groups is 1. The molecule has 2 heterocycles. The second-order valence-corrected chi connectivity index (χ2v) is 7.42. The first-order chi connectivity index (χ1) is 15.0. The number of esters is 1. The van der Waals surface area contributed by atoms with Gasteiger partial charge in [0.2, 0.25) is 5.88 Å². The number of allylic oxidation sites excluding steroid dienone is 2. The molecule has 0 amide bonds. The van der Waals surface area contributed by atoms with E-state index >= 15 is 0 Å². The quantitative estimate of drug-likeness (QED) is 0.717. The molecule has 0 fully saturated rings. The minimum Gasteiger partial charge on any atom is -0.466 e. The molecule has 0 aliphatic carbocycles. The van der Waals surface area contributed by atoms with Gasteiger partial charge in [-0.3, -0.25) is 4.68 Å². The van der Waals surface area contributed by atoms with Crippen LogP contribution < -0.4 is 5.73 Å². The second-order valence-electron chi connectivity index (χ2n) is 7.42. The van der Waals surface area contributed by atoms with Crippen molar-refractivity contribution in [1.82, 2.24) is 9.78 Å². The number of aryl methyl sites for hydroxylation is 1. The first kappa shape index (κ1) is 22.9. The predicted octanol–water partition coefficient (Wildman–Crippen LogP) is 3.82. The summed E-state index contributed by atoms with van der Waals surface area (Å²) in [7, 11) is 1.22. The van der Waals surface area contributed by atoms with Crippen molar-refractivity contribution < 1.29 is 27.4 Å². The molecule has 0 bridgehead atoms. The van der Waals surface area contributed by atoms with Crippen LogP contribution in [0.5, 0.6) is 0 Å². The van der Waals surface area contributed by atoms with Crippen LogP contribution in [0.15, 0.2) is 47.2 Å². The molecule has 0 saturated heterocycles. The number of hydrogen-bond acceptors (Lipinski definition) is 6. The van der Waals surface area contributed by atoms with Gasteiger partial charge in [-0.05, 0) is 43.5 Å². The fourth-order valence-corrected chi connectivity index (χ4v) is 3.77. The molecule has 1 aliphatic rings. The van der Waals surface area contributed by atoms with Crippen molar-refractivity contribution in [3.05, 3.63) is 75.1 Å². The van der Waals surface area contributed by atoms with E-state index in [2.05, 4.69) is 5.10 Å². The Labute approximate surface area is 182 Å². The first-order valence-electron chi connectivity index (χ1n) is 9.55. The van der Waals surface area contributed by atoms with Crippen LogP contribution in [-0.4, -0.2) is 22.9 Å². The van der Waals surface area contributed by atoms with Gasteiger partial charge in [-0.15, -0.1) is 0 Å². The van der Waals surface area contributed by atoms with Crippen molar-refractivity contribution in [2.75, 3.05) is 7.11 Å². The third-order valence-electron chi connectivity index (χ3n) is 5.29. The van der Waals surface area contributed by atoms with Crippen molar-refractivity contribution in [1.29, 1.82) is 5.26 Å². The highest BCUT2D eigenvalue weighted by Gasteiger charge is 2.37. The first-order valence-corrected chi connectivity index (χ1v) is 9.55. The van der Waals surface area contributed by atoms with E-state index in [-0.39, 0.29) is 29.3 Å². The molecule has 2 N–H and O–H groups in total. The van der Waals surface area contributed by atoms with Crippen molar-refractivity contribution >= 4 is 5.97 Å². The van der Waals surface area contributed by atoms with E-state index in [9.17, 15) is 23.2 Å². The zero-order valence-corrected chi connectivity index (χ0v) is 17.9. The summed E-state index contributed by atoms with van der Waals surface area (Å²) >= 11 is 0. The minimum atomic E-state index is -4.54. The lowest BCUT2D eigenvalue weighted by Crippen LogP contribution is -2.26. The number of carbonyl (C=O) groups excluding carboxylic acids is 1. The van der Waals surface area contributed by atoms with Crippen LogP contribution in [0, 0.1) is 25.2 Å². The van der Waals surface area contributed by atoms with Gasteiger partial charge in [0.1, 0.15) is 17.4 Å². The summed E-state index contributed by atoms with van der Waals surface area (Å²) in [4.78, 5) is 12.5. The molecular weight excluding hydrogens is 425 g/mol. The van der Waals surface area contributed by atoms with Gasteiger partial charge in [-0.1, -0.05) is 17.7 Å². The zero-order chi connectivity index (χ0) is 23.8. The van der Waals surface area contributed by atoms with Crippen LogP contribution in [0.1, 0.15) is 40.8 Å². The van der Waals surface area contributed by atoms with Crippen LogP contribution in [0.25, 0.3) is 0 Å². The number of aromatic nitrogens is 2. The second kappa shape index (κ2) is 8.42. The molecule has 0 unspecified atom stereocenters. The van der Waals surface area contributed by atoms with Gasteiger partial charge in [0.05, 0.1) is 25.1 Å². The topological polar surface area (TPSA) is 103 Å². The van der Waals surface area contributed by atoms with E-state index in [4.69, 9.17) is 15.2 Å². The number of alkyl halides is 3. The lowest BCUT2D eigenvalue weighted by molar-refractivity contribution is -0.141. The van der Waals surface area contributed by atoms with E-state index in [0.717, 1.165) is 11.6 Å². The Balaban J connectivity index is 2.14. The van der Waals surface area contributed by atoms with Gasteiger partial charge in [-0.25, -0.2) is 4.79 Å². The molecular formula is C22H21F3N4O3. The Morgan fingerprint density at radius 1 is 1.34 bits per heavy atom. The maximum atomic E-state index is 12.9. The van der Waals surface area contributed by atoms with Gasteiger partial charge in [0, 0.05) is 6.20 Å². The fraction of sp³-hybridized carbons (Fsp3) is 0.318. The number of ether oxygens (including phenoxy) is 2. The Morgan fingerprint density at radius 2 is 2.03 bits per heavy atom. The molecule has 0 saturated carbocycles. The maximum Gasteiger partial charge on any atom is 0.435 e. The third kappa shape index (κ3) is 4.19. The van der Waals surface area contributed by atoms with Crippen LogP contribution in [0.3, 0.4) is 0 Å². The summed E-state index contributed by atoms with van der Waals surface area (Å²) in [5.41, 5.74) is 7.88. The standard InChI is InChI=1S/C22H21F3N4O3/c1-11-7-14(10-29-6-5-17(28-29)22(23,24)25)12(2)15(8-11)19-16(9-26)20(27)32-13(3)18(19)21(30)31-4/h5-8,19H,10,27H2,1-4H3/t19-/m1/s1. The largest absolute Gasteiger partial charge is 0.466 e. The Kier molecular flexibility index (Phi) is 6.03. The number of nitrogens with zero attached hydrogens (tertiary/aromatic N) is 3. The van der Waals surface area contributed by atoms with Crippen molar-refractivity contribution in [3.63, 3.8) is 0 Å². The smallest absolute Gasteiger partial charge is 0.435 e.